The summed E-state index contributed by atoms with van der Waals surface area (Å²) < 4.78 is 33.1. The first-order valence-corrected chi connectivity index (χ1v) is 16.7. The summed E-state index contributed by atoms with van der Waals surface area (Å²) >= 11 is 2.69. The van der Waals surface area contributed by atoms with Gasteiger partial charge in [0.2, 0.25) is 0 Å². The van der Waals surface area contributed by atoms with E-state index < -0.39 is 84.8 Å². The molecule has 0 aromatic rings. The number of methoxy groups -OCH3 is 1. The van der Waals surface area contributed by atoms with E-state index in [9.17, 15) is 35.1 Å². The fraction of sp³-hybridized carbons (Fsp3) is 0.926. The molecule has 0 aromatic heterocycles. The predicted octanol–water partition coefficient (Wildman–Crippen LogP) is -0.212. The third kappa shape index (κ3) is 12.9. The zero-order chi connectivity index (χ0) is 33.2. The molecule has 0 saturated carbocycles. The SMILES string of the molecule is CO[C@@H]1OC(CSCCNC(=O)OC(C)(C)C)[C@@H](O[C@H]2OC(CSCCNC(=O)OC(C)(C)C)[C@@H](O)C(O)[C@@H]2O)[C@H](O)C1O. The van der Waals surface area contributed by atoms with Crippen molar-refractivity contribution < 1.29 is 63.5 Å². The van der Waals surface area contributed by atoms with E-state index in [1.165, 1.54) is 30.6 Å². The van der Waals surface area contributed by atoms with Crippen molar-refractivity contribution in [3.05, 3.63) is 0 Å². The minimum absolute atomic E-state index is 0.183. The van der Waals surface area contributed by atoms with Crippen molar-refractivity contribution in [3.8, 4) is 0 Å². The smallest absolute Gasteiger partial charge is 0.407 e. The first-order valence-electron chi connectivity index (χ1n) is 14.4. The van der Waals surface area contributed by atoms with Crippen LogP contribution < -0.4 is 10.6 Å². The molecule has 0 radical (unpaired) electrons. The normalized spacial score (nSPS) is 33.0. The van der Waals surface area contributed by atoms with Gasteiger partial charge < -0.3 is 64.6 Å². The van der Waals surface area contributed by atoms with Gasteiger partial charge in [0.1, 0.15) is 47.8 Å². The number of carbonyl (C=O) groups excluding carboxylic acids is 2. The van der Waals surface area contributed by atoms with Crippen molar-refractivity contribution in [1.29, 1.82) is 0 Å². The van der Waals surface area contributed by atoms with Crippen LogP contribution in [0.1, 0.15) is 41.5 Å². The lowest BCUT2D eigenvalue weighted by Gasteiger charge is -2.46. The highest BCUT2D eigenvalue weighted by Crippen LogP contribution is 2.31. The maximum atomic E-state index is 11.9. The average Bonchev–Trinajstić information content (AvgIpc) is 2.90. The topological polar surface area (TPSA) is 215 Å². The largest absolute Gasteiger partial charge is 0.444 e. The molecule has 2 saturated heterocycles. The summed E-state index contributed by atoms with van der Waals surface area (Å²) in [5, 5.41) is 58.4. The molecular formula is C27H50N2O13S2. The standard InChI is InChI=1S/C27H50N2O13S2/c1-26(2,3)41-24(35)28-8-10-43-12-14-16(30)17(31)19(33)23(38-14)40-21-15(39-22(37-7)20(34)18(21)32)13-44-11-9-29-25(36)42-27(4,5)6/h14-23,30-34H,8-13H2,1-7H3,(H,28,35)(H,29,36)/t14?,15?,16-,17?,18-,19+,20?,21-,22-,23-/m1/s1. The predicted molar refractivity (Wildman–Crippen MR) is 162 cm³/mol. The van der Waals surface area contributed by atoms with Crippen molar-refractivity contribution >= 4 is 35.7 Å². The third-order valence-electron chi connectivity index (χ3n) is 6.23. The zero-order valence-corrected chi connectivity index (χ0v) is 28.0. The van der Waals surface area contributed by atoms with Crippen molar-refractivity contribution in [3.63, 3.8) is 0 Å². The molecule has 2 rings (SSSR count). The highest BCUT2D eigenvalue weighted by Gasteiger charge is 2.50. The number of ether oxygens (including phenoxy) is 6. The molecule has 0 aromatic carbocycles. The van der Waals surface area contributed by atoms with Crippen LogP contribution in [0.3, 0.4) is 0 Å². The molecule has 2 aliphatic heterocycles. The number of hydrogen-bond acceptors (Lipinski definition) is 15. The summed E-state index contributed by atoms with van der Waals surface area (Å²) in [4.78, 5) is 23.7. The summed E-state index contributed by atoms with van der Waals surface area (Å²) in [5.41, 5.74) is -1.26. The lowest BCUT2D eigenvalue weighted by Crippen LogP contribution is -2.64. The Morgan fingerprint density at radius 2 is 1.14 bits per heavy atom. The molecule has 15 nitrogen and oxygen atoms in total. The Balaban J connectivity index is 1.95. The molecule has 0 spiro atoms. The van der Waals surface area contributed by atoms with Crippen LogP contribution in [0.2, 0.25) is 0 Å². The lowest BCUT2D eigenvalue weighted by atomic mass is 9.97. The van der Waals surface area contributed by atoms with Crippen molar-refractivity contribution in [2.75, 3.05) is 43.2 Å². The van der Waals surface area contributed by atoms with Gasteiger partial charge in [0.25, 0.3) is 0 Å². The second-order valence-corrected chi connectivity index (χ2v) is 14.7. The molecule has 17 heteroatoms. The molecule has 2 fully saturated rings. The third-order valence-corrected chi connectivity index (χ3v) is 8.34. The van der Waals surface area contributed by atoms with E-state index in [4.69, 9.17) is 28.4 Å². The lowest BCUT2D eigenvalue weighted by molar-refractivity contribution is -0.349. The first kappa shape index (κ1) is 39.1. The van der Waals surface area contributed by atoms with Crippen LogP contribution in [0.5, 0.6) is 0 Å². The van der Waals surface area contributed by atoms with Gasteiger partial charge >= 0.3 is 12.2 Å². The van der Waals surface area contributed by atoms with Gasteiger partial charge in [-0.05, 0) is 41.5 Å². The number of hydrogen-bond donors (Lipinski definition) is 7. The van der Waals surface area contributed by atoms with Gasteiger partial charge in [-0.2, -0.15) is 23.5 Å². The molecule has 0 bridgehead atoms. The Morgan fingerprint density at radius 3 is 1.61 bits per heavy atom. The summed E-state index contributed by atoms with van der Waals surface area (Å²) in [7, 11) is 1.31. The van der Waals surface area contributed by atoms with Crippen LogP contribution in [0.15, 0.2) is 0 Å². The summed E-state index contributed by atoms with van der Waals surface area (Å²) in [6.07, 6.45) is -14.5. The molecule has 10 atom stereocenters. The Morgan fingerprint density at radius 1 is 0.682 bits per heavy atom. The highest BCUT2D eigenvalue weighted by atomic mass is 32.2. The fourth-order valence-corrected chi connectivity index (χ4v) is 6.04. The number of carbonyl (C=O) groups is 2. The fourth-order valence-electron chi connectivity index (χ4n) is 4.20. The molecular weight excluding hydrogens is 624 g/mol. The molecule has 258 valence electrons. The van der Waals surface area contributed by atoms with Crippen molar-refractivity contribution in [2.45, 2.75) is 114 Å². The average molecular weight is 675 g/mol. The number of aliphatic hydroxyl groups excluding tert-OH is 5. The Kier molecular flexibility index (Phi) is 15.7. The number of thioether (sulfide) groups is 2. The van der Waals surface area contributed by atoms with Crippen LogP contribution in [0.4, 0.5) is 9.59 Å². The van der Waals surface area contributed by atoms with Gasteiger partial charge in [-0.3, -0.25) is 0 Å². The zero-order valence-electron chi connectivity index (χ0n) is 26.3. The van der Waals surface area contributed by atoms with Gasteiger partial charge in [0.15, 0.2) is 12.6 Å². The van der Waals surface area contributed by atoms with E-state index in [0.29, 0.717) is 11.5 Å². The summed E-state index contributed by atoms with van der Waals surface area (Å²) in [5.74, 6) is 1.32. The van der Waals surface area contributed by atoms with E-state index in [1.807, 2.05) is 0 Å². The second-order valence-electron chi connectivity index (χ2n) is 12.4. The van der Waals surface area contributed by atoms with Gasteiger partial charge in [0.05, 0.1) is 12.2 Å². The molecule has 44 heavy (non-hydrogen) atoms. The number of amides is 2. The minimum Gasteiger partial charge on any atom is -0.444 e. The number of aliphatic hydroxyl groups is 5. The van der Waals surface area contributed by atoms with Crippen LogP contribution in [-0.4, -0.2) is 154 Å². The molecule has 2 aliphatic rings. The van der Waals surface area contributed by atoms with Crippen molar-refractivity contribution in [2.24, 2.45) is 0 Å². The number of rotatable bonds is 13. The molecule has 2 amide bonds. The van der Waals surface area contributed by atoms with E-state index >= 15 is 0 Å². The van der Waals surface area contributed by atoms with Crippen molar-refractivity contribution in [1.82, 2.24) is 10.6 Å². The van der Waals surface area contributed by atoms with E-state index in [0.717, 1.165) is 0 Å². The minimum atomic E-state index is -1.67. The highest BCUT2D eigenvalue weighted by molar-refractivity contribution is 7.99. The summed E-state index contributed by atoms with van der Waals surface area (Å²) in [6, 6.07) is 0. The van der Waals surface area contributed by atoms with E-state index in [1.54, 1.807) is 41.5 Å². The number of nitrogens with one attached hydrogen (secondary N) is 2. The Hall–Kier alpha value is -1.12. The molecule has 4 unspecified atom stereocenters. The van der Waals surface area contributed by atoms with E-state index in [-0.39, 0.29) is 24.6 Å². The molecule has 7 N–H and O–H groups in total. The van der Waals surface area contributed by atoms with E-state index in [2.05, 4.69) is 10.6 Å². The van der Waals surface area contributed by atoms with Gasteiger partial charge in [0, 0.05) is 43.2 Å². The summed E-state index contributed by atoms with van der Waals surface area (Å²) in [6.45, 7) is 11.1. The second kappa shape index (κ2) is 17.7. The van der Waals surface area contributed by atoms with Gasteiger partial charge in [-0.25, -0.2) is 9.59 Å². The Labute approximate surface area is 267 Å². The maximum Gasteiger partial charge on any atom is 0.407 e. The monoisotopic (exact) mass is 674 g/mol. The van der Waals surface area contributed by atoms with Crippen LogP contribution in [-0.2, 0) is 28.4 Å². The van der Waals surface area contributed by atoms with Crippen LogP contribution in [0, 0.1) is 0 Å². The van der Waals surface area contributed by atoms with Crippen LogP contribution in [0.25, 0.3) is 0 Å². The Bertz CT molecular complexity index is 891. The van der Waals surface area contributed by atoms with Crippen LogP contribution >= 0.6 is 23.5 Å². The number of alkyl carbamates (subject to hydrolysis) is 2. The first-order chi connectivity index (χ1) is 20.4. The maximum absolute atomic E-state index is 11.9. The molecule has 0 aliphatic carbocycles. The molecule has 2 heterocycles. The quantitative estimate of drug-likeness (QED) is 0.126. The van der Waals surface area contributed by atoms with Gasteiger partial charge in [-0.15, -0.1) is 0 Å². The van der Waals surface area contributed by atoms with Gasteiger partial charge in [-0.1, -0.05) is 0 Å².